The lowest BCUT2D eigenvalue weighted by atomic mass is 10.00. The minimum atomic E-state index is 0.120. The van der Waals surface area contributed by atoms with E-state index in [9.17, 15) is 4.79 Å². The van der Waals surface area contributed by atoms with Gasteiger partial charge >= 0.3 is 0 Å². The Kier molecular flexibility index (Phi) is 4.14. The Morgan fingerprint density at radius 1 is 1.64 bits per heavy atom. The van der Waals surface area contributed by atoms with Crippen molar-refractivity contribution in [1.82, 2.24) is 0 Å². The zero-order valence-corrected chi connectivity index (χ0v) is 10.3. The van der Waals surface area contributed by atoms with E-state index < -0.39 is 0 Å². The summed E-state index contributed by atoms with van der Waals surface area (Å²) in [5.74, 6) is 0.348. The Bertz CT molecular complexity index is 311. The highest BCUT2D eigenvalue weighted by Crippen LogP contribution is 2.29. The van der Waals surface area contributed by atoms with Gasteiger partial charge in [-0.25, -0.2) is 0 Å². The van der Waals surface area contributed by atoms with Crippen LogP contribution in [0.25, 0.3) is 0 Å². The van der Waals surface area contributed by atoms with Gasteiger partial charge in [0.05, 0.1) is 9.21 Å². The summed E-state index contributed by atoms with van der Waals surface area (Å²) < 4.78 is 0.733. The van der Waals surface area contributed by atoms with Crippen LogP contribution in [0.15, 0.2) is 6.07 Å². The molecule has 1 nitrogen and oxygen atoms in total. The van der Waals surface area contributed by atoms with E-state index in [0.717, 1.165) is 27.6 Å². The molecule has 0 aliphatic rings. The van der Waals surface area contributed by atoms with Crippen LogP contribution in [-0.2, 0) is 0 Å². The molecule has 14 heavy (non-hydrogen) atoms. The van der Waals surface area contributed by atoms with Gasteiger partial charge in [0.2, 0.25) is 0 Å². The summed E-state index contributed by atoms with van der Waals surface area (Å²) in [5, 5.41) is 0. The number of hydrogen-bond donors (Lipinski definition) is 0. The molecule has 78 valence electrons. The van der Waals surface area contributed by atoms with Crippen LogP contribution in [-0.4, -0.2) is 5.78 Å². The van der Waals surface area contributed by atoms with Crippen LogP contribution in [0, 0.1) is 12.8 Å². The van der Waals surface area contributed by atoms with E-state index in [1.54, 1.807) is 0 Å². The summed E-state index contributed by atoms with van der Waals surface area (Å²) in [6, 6.07) is 1.89. The van der Waals surface area contributed by atoms with E-state index in [1.807, 2.05) is 19.9 Å². The number of aryl methyl sites for hydroxylation is 1. The monoisotopic (exact) mass is 230 g/mol. The molecule has 1 atom stereocenters. The molecule has 0 saturated carbocycles. The van der Waals surface area contributed by atoms with E-state index in [4.69, 9.17) is 11.6 Å². The lowest BCUT2D eigenvalue weighted by Crippen LogP contribution is -2.09. The van der Waals surface area contributed by atoms with E-state index in [-0.39, 0.29) is 11.7 Å². The smallest absolute Gasteiger partial charge is 0.175 e. The highest BCUT2D eigenvalue weighted by Gasteiger charge is 2.17. The van der Waals surface area contributed by atoms with Gasteiger partial charge in [-0.1, -0.05) is 31.9 Å². The third-order valence-corrected chi connectivity index (χ3v) is 3.84. The van der Waals surface area contributed by atoms with Crippen LogP contribution in [0.2, 0.25) is 4.34 Å². The molecule has 0 amide bonds. The number of carbonyl (C=O) groups excluding carboxylic acids is 1. The van der Waals surface area contributed by atoms with Crippen molar-refractivity contribution in [3.05, 3.63) is 20.8 Å². The fourth-order valence-electron chi connectivity index (χ4n) is 1.39. The lowest BCUT2D eigenvalue weighted by Gasteiger charge is -2.05. The maximum atomic E-state index is 11.9. The second kappa shape index (κ2) is 4.94. The number of rotatable bonds is 4. The minimum absolute atomic E-state index is 0.120. The molecule has 0 aliphatic heterocycles. The van der Waals surface area contributed by atoms with Gasteiger partial charge in [0.15, 0.2) is 5.78 Å². The molecule has 0 aliphatic carbocycles. The zero-order valence-electron chi connectivity index (χ0n) is 8.76. The second-order valence-electron chi connectivity index (χ2n) is 3.62. The molecule has 0 spiro atoms. The lowest BCUT2D eigenvalue weighted by molar-refractivity contribution is 0.0927. The van der Waals surface area contributed by atoms with Crippen LogP contribution in [0.3, 0.4) is 0 Å². The Morgan fingerprint density at radius 3 is 2.71 bits per heavy atom. The predicted molar refractivity (Wildman–Crippen MR) is 62.5 cm³/mol. The molecular formula is C11H15ClOS. The molecule has 3 heteroatoms. The van der Waals surface area contributed by atoms with Gasteiger partial charge in [0, 0.05) is 5.92 Å². The molecule has 0 N–H and O–H groups in total. The predicted octanol–water partition coefficient (Wildman–Crippen LogP) is 4.33. The molecule has 1 heterocycles. The van der Waals surface area contributed by atoms with Crippen LogP contribution in [0.4, 0.5) is 0 Å². The third-order valence-electron chi connectivity index (χ3n) is 2.27. The minimum Gasteiger partial charge on any atom is -0.293 e. The first-order valence-electron chi connectivity index (χ1n) is 4.86. The van der Waals surface area contributed by atoms with E-state index in [0.29, 0.717) is 0 Å². The highest BCUT2D eigenvalue weighted by molar-refractivity contribution is 7.18. The highest BCUT2D eigenvalue weighted by atomic mass is 35.5. The van der Waals surface area contributed by atoms with Crippen molar-refractivity contribution in [3.63, 3.8) is 0 Å². The van der Waals surface area contributed by atoms with Gasteiger partial charge in [0.1, 0.15) is 0 Å². The van der Waals surface area contributed by atoms with Gasteiger partial charge in [-0.3, -0.25) is 4.79 Å². The molecular weight excluding hydrogens is 216 g/mol. The van der Waals surface area contributed by atoms with E-state index >= 15 is 0 Å². The normalized spacial score (nSPS) is 12.9. The summed E-state index contributed by atoms with van der Waals surface area (Å²) in [6.45, 7) is 6.01. The average molecular weight is 231 g/mol. The first kappa shape index (κ1) is 11.7. The molecule has 0 saturated heterocycles. The first-order chi connectivity index (χ1) is 6.56. The number of halogens is 1. The largest absolute Gasteiger partial charge is 0.293 e. The Hall–Kier alpha value is -0.340. The number of ketones is 1. The molecule has 0 bridgehead atoms. The summed E-state index contributed by atoms with van der Waals surface area (Å²) in [5.41, 5.74) is 1.00. The van der Waals surface area contributed by atoms with Crippen molar-refractivity contribution in [3.8, 4) is 0 Å². The zero-order chi connectivity index (χ0) is 10.7. The number of Topliss-reactive ketones (excluding diaryl/α,β-unsaturated/α-hetero) is 1. The van der Waals surface area contributed by atoms with Crippen molar-refractivity contribution in [2.45, 2.75) is 33.6 Å². The van der Waals surface area contributed by atoms with Crippen molar-refractivity contribution < 1.29 is 4.79 Å². The number of carbonyl (C=O) groups is 1. The van der Waals surface area contributed by atoms with Gasteiger partial charge < -0.3 is 0 Å². The molecule has 0 fully saturated rings. The Morgan fingerprint density at radius 2 is 2.29 bits per heavy atom. The van der Waals surface area contributed by atoms with E-state index in [2.05, 4.69) is 6.92 Å². The van der Waals surface area contributed by atoms with Crippen molar-refractivity contribution in [2.24, 2.45) is 5.92 Å². The fraction of sp³-hybridized carbons (Fsp3) is 0.545. The number of hydrogen-bond acceptors (Lipinski definition) is 2. The summed E-state index contributed by atoms with van der Waals surface area (Å²) in [7, 11) is 0. The van der Waals surface area contributed by atoms with Crippen LogP contribution in [0.1, 0.15) is 41.9 Å². The fourth-order valence-corrected chi connectivity index (χ4v) is 2.64. The maximum Gasteiger partial charge on any atom is 0.175 e. The van der Waals surface area contributed by atoms with Crippen molar-refractivity contribution in [2.75, 3.05) is 0 Å². The molecule has 1 aromatic rings. The molecule has 1 aromatic heterocycles. The number of thiophene rings is 1. The van der Waals surface area contributed by atoms with Crippen molar-refractivity contribution >= 4 is 28.7 Å². The summed E-state index contributed by atoms with van der Waals surface area (Å²) in [4.78, 5) is 12.7. The van der Waals surface area contributed by atoms with Gasteiger partial charge in [-0.15, -0.1) is 11.3 Å². The standard InChI is InChI=1S/C11H15ClOS/c1-4-5-7(2)10(13)9-6-8(3)11(12)14-9/h6-7H,4-5H2,1-3H3. The quantitative estimate of drug-likeness (QED) is 0.704. The summed E-state index contributed by atoms with van der Waals surface area (Å²) >= 11 is 7.31. The Labute approximate surface area is 94.1 Å². The second-order valence-corrected chi connectivity index (χ2v) is 5.28. The van der Waals surface area contributed by atoms with Crippen LogP contribution >= 0.6 is 22.9 Å². The third kappa shape index (κ3) is 2.58. The van der Waals surface area contributed by atoms with Crippen molar-refractivity contribution in [1.29, 1.82) is 0 Å². The summed E-state index contributed by atoms with van der Waals surface area (Å²) in [6.07, 6.45) is 2.00. The first-order valence-corrected chi connectivity index (χ1v) is 6.05. The molecule has 0 radical (unpaired) electrons. The molecule has 0 aromatic carbocycles. The van der Waals surface area contributed by atoms with Crippen LogP contribution in [0.5, 0.6) is 0 Å². The van der Waals surface area contributed by atoms with Gasteiger partial charge in [-0.2, -0.15) is 0 Å². The SMILES string of the molecule is CCCC(C)C(=O)c1cc(C)c(Cl)s1. The topological polar surface area (TPSA) is 17.1 Å². The van der Waals surface area contributed by atoms with Crippen LogP contribution < -0.4 is 0 Å². The van der Waals surface area contributed by atoms with Gasteiger partial charge in [0.25, 0.3) is 0 Å². The Balaban J connectivity index is 2.79. The molecule has 1 unspecified atom stereocenters. The molecule has 1 rings (SSSR count). The van der Waals surface area contributed by atoms with Gasteiger partial charge in [-0.05, 0) is 25.0 Å². The average Bonchev–Trinajstić information content (AvgIpc) is 2.46. The van der Waals surface area contributed by atoms with E-state index in [1.165, 1.54) is 11.3 Å². The maximum absolute atomic E-state index is 11.9.